The van der Waals surface area contributed by atoms with Gasteiger partial charge in [0.1, 0.15) is 5.69 Å². The molecule has 2 aromatic rings. The van der Waals surface area contributed by atoms with Crippen molar-refractivity contribution in [3.05, 3.63) is 28.3 Å². The van der Waals surface area contributed by atoms with Crippen molar-refractivity contribution in [1.29, 1.82) is 0 Å². The molecule has 1 amide bonds. The van der Waals surface area contributed by atoms with Crippen LogP contribution in [-0.4, -0.2) is 35.5 Å². The Bertz CT molecular complexity index is 585. The molecular formula is C13H16N4OS. The van der Waals surface area contributed by atoms with E-state index >= 15 is 0 Å². The van der Waals surface area contributed by atoms with Crippen LogP contribution in [0.3, 0.4) is 0 Å². The molecule has 0 atom stereocenters. The van der Waals surface area contributed by atoms with E-state index in [1.807, 2.05) is 24.6 Å². The van der Waals surface area contributed by atoms with Crippen molar-refractivity contribution in [2.75, 3.05) is 19.6 Å². The van der Waals surface area contributed by atoms with Gasteiger partial charge in [-0.2, -0.15) is 0 Å². The first-order valence-electron chi connectivity index (χ1n) is 6.32. The predicted molar refractivity (Wildman–Crippen MR) is 75.3 cm³/mol. The largest absolute Gasteiger partial charge is 0.357 e. The van der Waals surface area contributed by atoms with Gasteiger partial charge >= 0.3 is 0 Å². The standard InChI is InChI=1S/C13H16N4OS/c1-8-17-12(7-19-8)10-2-11(15-6-10)13(18)16-5-9-3-14-4-9/h2,6-7,9,14-15H,3-5H2,1H3,(H,16,18). The van der Waals surface area contributed by atoms with Crippen LogP contribution < -0.4 is 10.6 Å². The van der Waals surface area contributed by atoms with Gasteiger partial charge in [-0.3, -0.25) is 4.79 Å². The zero-order valence-corrected chi connectivity index (χ0v) is 11.5. The molecule has 0 aromatic carbocycles. The number of aryl methyl sites for hydroxylation is 1. The highest BCUT2D eigenvalue weighted by Gasteiger charge is 2.18. The molecule has 1 aliphatic rings. The maximum Gasteiger partial charge on any atom is 0.267 e. The Labute approximate surface area is 115 Å². The molecule has 3 N–H and O–H groups in total. The van der Waals surface area contributed by atoms with Crippen molar-refractivity contribution in [2.24, 2.45) is 5.92 Å². The number of carbonyl (C=O) groups excluding carboxylic acids is 1. The SMILES string of the molecule is Cc1nc(-c2c[nH]c(C(=O)NCC3CNC3)c2)cs1. The summed E-state index contributed by atoms with van der Waals surface area (Å²) >= 11 is 1.61. The minimum Gasteiger partial charge on any atom is -0.357 e. The Balaban J connectivity index is 1.64. The van der Waals surface area contributed by atoms with E-state index < -0.39 is 0 Å². The number of aromatic amines is 1. The lowest BCUT2D eigenvalue weighted by molar-refractivity contribution is 0.0938. The molecule has 0 spiro atoms. The monoisotopic (exact) mass is 276 g/mol. The van der Waals surface area contributed by atoms with E-state index in [4.69, 9.17) is 0 Å². The number of amides is 1. The van der Waals surface area contributed by atoms with Crippen LogP contribution in [0.4, 0.5) is 0 Å². The summed E-state index contributed by atoms with van der Waals surface area (Å²) < 4.78 is 0. The zero-order chi connectivity index (χ0) is 13.2. The van der Waals surface area contributed by atoms with Crippen molar-refractivity contribution in [3.8, 4) is 11.3 Å². The highest BCUT2D eigenvalue weighted by molar-refractivity contribution is 7.09. The number of thiazole rings is 1. The average molecular weight is 276 g/mol. The lowest BCUT2D eigenvalue weighted by Gasteiger charge is -2.26. The molecule has 0 unspecified atom stereocenters. The summed E-state index contributed by atoms with van der Waals surface area (Å²) in [6.07, 6.45) is 1.83. The lowest BCUT2D eigenvalue weighted by atomic mass is 10.0. The Morgan fingerprint density at radius 3 is 3.05 bits per heavy atom. The van der Waals surface area contributed by atoms with E-state index in [9.17, 15) is 4.79 Å². The molecule has 5 nitrogen and oxygen atoms in total. The number of hydrogen-bond acceptors (Lipinski definition) is 4. The molecule has 3 heterocycles. The number of nitrogens with zero attached hydrogens (tertiary/aromatic N) is 1. The van der Waals surface area contributed by atoms with Crippen LogP contribution in [0.25, 0.3) is 11.3 Å². The summed E-state index contributed by atoms with van der Waals surface area (Å²) in [6.45, 7) is 4.69. The Morgan fingerprint density at radius 2 is 2.42 bits per heavy atom. The van der Waals surface area contributed by atoms with Gasteiger partial charge < -0.3 is 15.6 Å². The van der Waals surface area contributed by atoms with Crippen molar-refractivity contribution in [2.45, 2.75) is 6.92 Å². The molecule has 6 heteroatoms. The highest BCUT2D eigenvalue weighted by Crippen LogP contribution is 2.22. The third-order valence-electron chi connectivity index (χ3n) is 3.26. The minimum absolute atomic E-state index is 0.0508. The predicted octanol–water partition coefficient (Wildman–Crippen LogP) is 1.40. The Kier molecular flexibility index (Phi) is 3.35. The first kappa shape index (κ1) is 12.4. The van der Waals surface area contributed by atoms with Gasteiger partial charge in [0, 0.05) is 42.7 Å². The molecule has 1 fully saturated rings. The lowest BCUT2D eigenvalue weighted by Crippen LogP contribution is -2.48. The van der Waals surface area contributed by atoms with Crippen molar-refractivity contribution in [3.63, 3.8) is 0 Å². The van der Waals surface area contributed by atoms with Gasteiger partial charge in [-0.05, 0) is 13.0 Å². The van der Waals surface area contributed by atoms with Gasteiger partial charge in [-0.1, -0.05) is 0 Å². The summed E-state index contributed by atoms with van der Waals surface area (Å²) in [5, 5.41) is 9.16. The van der Waals surface area contributed by atoms with E-state index in [1.165, 1.54) is 0 Å². The van der Waals surface area contributed by atoms with Crippen LogP contribution in [0.15, 0.2) is 17.6 Å². The fraction of sp³-hybridized carbons (Fsp3) is 0.385. The Hall–Kier alpha value is -1.66. The van der Waals surface area contributed by atoms with Crippen molar-refractivity contribution >= 4 is 17.2 Å². The summed E-state index contributed by atoms with van der Waals surface area (Å²) in [4.78, 5) is 19.4. The van der Waals surface area contributed by atoms with Gasteiger partial charge in [-0.25, -0.2) is 4.98 Å². The first-order valence-corrected chi connectivity index (χ1v) is 7.20. The normalized spacial score (nSPS) is 15.2. The average Bonchev–Trinajstić information content (AvgIpc) is 2.94. The third kappa shape index (κ3) is 2.69. The molecule has 2 aromatic heterocycles. The number of hydrogen-bond donors (Lipinski definition) is 3. The van der Waals surface area contributed by atoms with E-state index in [0.29, 0.717) is 11.6 Å². The van der Waals surface area contributed by atoms with Gasteiger partial charge in [0.2, 0.25) is 0 Å². The quantitative estimate of drug-likeness (QED) is 0.790. The maximum atomic E-state index is 12.0. The summed E-state index contributed by atoms with van der Waals surface area (Å²) in [5.74, 6) is 0.518. The van der Waals surface area contributed by atoms with E-state index in [-0.39, 0.29) is 5.91 Å². The van der Waals surface area contributed by atoms with E-state index in [1.54, 1.807) is 11.3 Å². The fourth-order valence-electron chi connectivity index (χ4n) is 1.99. The summed E-state index contributed by atoms with van der Waals surface area (Å²) in [5.41, 5.74) is 2.47. The Morgan fingerprint density at radius 1 is 1.58 bits per heavy atom. The topological polar surface area (TPSA) is 69.8 Å². The zero-order valence-electron chi connectivity index (χ0n) is 10.7. The van der Waals surface area contributed by atoms with Crippen molar-refractivity contribution < 1.29 is 4.79 Å². The summed E-state index contributed by atoms with van der Waals surface area (Å²) in [7, 11) is 0. The first-order chi connectivity index (χ1) is 9.22. The molecule has 0 radical (unpaired) electrons. The number of aromatic nitrogens is 2. The van der Waals surface area contributed by atoms with Crippen LogP contribution >= 0.6 is 11.3 Å². The molecule has 1 saturated heterocycles. The van der Waals surface area contributed by atoms with E-state index in [2.05, 4.69) is 20.6 Å². The summed E-state index contributed by atoms with van der Waals surface area (Å²) in [6, 6.07) is 1.85. The fourth-order valence-corrected chi connectivity index (χ4v) is 2.62. The van der Waals surface area contributed by atoms with Crippen LogP contribution in [0, 0.1) is 12.8 Å². The van der Waals surface area contributed by atoms with Crippen molar-refractivity contribution in [1.82, 2.24) is 20.6 Å². The molecule has 0 saturated carbocycles. The second kappa shape index (κ2) is 5.14. The van der Waals surface area contributed by atoms with E-state index in [0.717, 1.165) is 35.9 Å². The number of H-pyrrole nitrogens is 1. The number of rotatable bonds is 4. The molecule has 100 valence electrons. The van der Waals surface area contributed by atoms with Gasteiger partial charge in [-0.15, -0.1) is 11.3 Å². The smallest absolute Gasteiger partial charge is 0.267 e. The number of nitrogens with one attached hydrogen (secondary N) is 3. The highest BCUT2D eigenvalue weighted by atomic mass is 32.1. The van der Waals surface area contributed by atoms with Gasteiger partial charge in [0.15, 0.2) is 0 Å². The van der Waals surface area contributed by atoms with Gasteiger partial charge in [0.05, 0.1) is 10.7 Å². The minimum atomic E-state index is -0.0508. The molecule has 1 aliphatic heterocycles. The maximum absolute atomic E-state index is 12.0. The molecule has 3 rings (SSSR count). The molecule has 0 aliphatic carbocycles. The third-order valence-corrected chi connectivity index (χ3v) is 4.03. The second-order valence-corrected chi connectivity index (χ2v) is 5.85. The van der Waals surface area contributed by atoms with Gasteiger partial charge in [0.25, 0.3) is 5.91 Å². The second-order valence-electron chi connectivity index (χ2n) is 4.79. The molecular weight excluding hydrogens is 260 g/mol. The van der Waals surface area contributed by atoms with Crippen LogP contribution in [0.2, 0.25) is 0 Å². The van der Waals surface area contributed by atoms with Crippen LogP contribution in [-0.2, 0) is 0 Å². The molecule has 19 heavy (non-hydrogen) atoms. The number of carbonyl (C=O) groups is 1. The molecule has 0 bridgehead atoms. The van der Waals surface area contributed by atoms with Crippen LogP contribution in [0.1, 0.15) is 15.5 Å². The van der Waals surface area contributed by atoms with Crippen LogP contribution in [0.5, 0.6) is 0 Å².